The topological polar surface area (TPSA) is 66.0 Å². The van der Waals surface area contributed by atoms with Gasteiger partial charge in [0, 0.05) is 19.0 Å². The number of carbonyl (C=O) groups is 1. The largest absolute Gasteiger partial charge is 0.443 e. The Morgan fingerprint density at radius 2 is 1.74 bits per heavy atom. The molecule has 1 amide bonds. The summed E-state index contributed by atoms with van der Waals surface area (Å²) >= 11 is 0. The lowest BCUT2D eigenvalue weighted by Gasteiger charge is -2.31. The molecule has 6 heteroatoms. The molecule has 146 valence electrons. The Hall–Kier alpha value is -2.08. The molecule has 2 heterocycles. The number of hydrogen-bond donors (Lipinski definition) is 2. The molecule has 1 spiro atoms. The van der Waals surface area contributed by atoms with Gasteiger partial charge in [0.1, 0.15) is 6.54 Å². The minimum absolute atomic E-state index is 0.0126. The summed E-state index contributed by atoms with van der Waals surface area (Å²) in [6.45, 7) is 4.21. The monoisotopic (exact) mass is 370 g/mol. The molecule has 3 atom stereocenters. The highest BCUT2D eigenvalue weighted by Gasteiger charge is 2.45. The molecule has 4 aliphatic rings. The number of likely N-dealkylation sites (tertiary alicyclic amines) is 1. The van der Waals surface area contributed by atoms with Crippen LogP contribution in [0.2, 0.25) is 0 Å². The number of ether oxygens (including phenoxy) is 1. The maximum Gasteiger partial charge on any atom is 0.301 e. The molecule has 1 aromatic rings. The summed E-state index contributed by atoms with van der Waals surface area (Å²) in [6.07, 6.45) is 6.28. The van der Waals surface area contributed by atoms with Crippen molar-refractivity contribution in [1.29, 1.82) is 0 Å². The van der Waals surface area contributed by atoms with E-state index < -0.39 is 0 Å². The van der Waals surface area contributed by atoms with Crippen LogP contribution in [-0.2, 0) is 9.53 Å². The first-order valence-corrected chi connectivity index (χ1v) is 10.2. The van der Waals surface area contributed by atoms with Crippen molar-refractivity contribution < 1.29 is 9.53 Å². The normalized spacial score (nSPS) is 31.5. The second-order valence-electron chi connectivity index (χ2n) is 8.34. The number of nitrogens with zero attached hydrogens (tertiary/aromatic N) is 2. The highest BCUT2D eigenvalue weighted by atomic mass is 16.5. The van der Waals surface area contributed by atoms with E-state index in [0.717, 1.165) is 13.1 Å². The Morgan fingerprint density at radius 1 is 1.15 bits per heavy atom. The van der Waals surface area contributed by atoms with E-state index >= 15 is 0 Å². The number of piperidine rings is 1. The lowest BCUT2D eigenvalue weighted by Crippen LogP contribution is -2.40. The summed E-state index contributed by atoms with van der Waals surface area (Å²) in [5.41, 5.74) is 6.64. The Kier molecular flexibility index (Phi) is 5.34. The van der Waals surface area contributed by atoms with Crippen LogP contribution in [-0.4, -0.2) is 42.7 Å². The molecule has 2 aliphatic heterocycles. The van der Waals surface area contributed by atoms with E-state index in [9.17, 15) is 4.79 Å². The van der Waals surface area contributed by atoms with Gasteiger partial charge in [0.25, 0.3) is 0 Å². The van der Waals surface area contributed by atoms with E-state index in [1.807, 2.05) is 41.3 Å². The first-order valence-electron chi connectivity index (χ1n) is 10.2. The molecule has 5 rings (SSSR count). The number of amidine groups is 1. The first-order chi connectivity index (χ1) is 13.2. The number of nitrogens with one attached hydrogen (secondary N) is 2. The molecule has 0 aromatic heterocycles. The number of aliphatic imine (C=N–C) groups is 1. The lowest BCUT2D eigenvalue weighted by atomic mass is 9.94. The van der Waals surface area contributed by atoms with Crippen LogP contribution in [0.3, 0.4) is 0 Å². The first kappa shape index (κ1) is 18.3. The van der Waals surface area contributed by atoms with Crippen LogP contribution in [0.25, 0.3) is 0 Å². The molecule has 2 saturated carbocycles. The van der Waals surface area contributed by atoms with Crippen molar-refractivity contribution in [3.8, 4) is 0 Å². The molecule has 2 aliphatic carbocycles. The van der Waals surface area contributed by atoms with E-state index in [2.05, 4.69) is 22.8 Å². The summed E-state index contributed by atoms with van der Waals surface area (Å²) < 4.78 is 5.69. The summed E-state index contributed by atoms with van der Waals surface area (Å²) in [5.74, 6) is 1.40. The van der Waals surface area contributed by atoms with E-state index in [1.165, 1.54) is 32.1 Å². The number of benzene rings is 1. The average molecular weight is 370 g/mol. The third-order valence-corrected chi connectivity index (χ3v) is 6.28. The minimum Gasteiger partial charge on any atom is -0.443 e. The molecule has 2 saturated heterocycles. The van der Waals surface area contributed by atoms with Gasteiger partial charge in [0.05, 0.1) is 0 Å². The van der Waals surface area contributed by atoms with E-state index in [0.29, 0.717) is 23.3 Å². The third-order valence-electron chi connectivity index (χ3n) is 6.28. The van der Waals surface area contributed by atoms with Gasteiger partial charge in [-0.1, -0.05) is 43.3 Å². The fraction of sp³-hybridized carbons (Fsp3) is 0.619. The summed E-state index contributed by atoms with van der Waals surface area (Å²) in [5, 5.41) is 0. The zero-order valence-corrected chi connectivity index (χ0v) is 16.1. The smallest absolute Gasteiger partial charge is 0.301 e. The SMILES string of the molecule is CC1CC1C1NNC(=NCC(=O)N2CCC3(CC2)CC3)O1.c1ccccc1. The van der Waals surface area contributed by atoms with Crippen molar-refractivity contribution in [2.24, 2.45) is 22.2 Å². The van der Waals surface area contributed by atoms with Crippen LogP contribution in [0.15, 0.2) is 41.4 Å². The Balaban J connectivity index is 0.000000257. The molecule has 2 N–H and O–H groups in total. The molecule has 3 unspecified atom stereocenters. The summed E-state index contributed by atoms with van der Waals surface area (Å²) in [7, 11) is 0. The Labute approximate surface area is 161 Å². The van der Waals surface area contributed by atoms with Crippen LogP contribution in [0.4, 0.5) is 0 Å². The van der Waals surface area contributed by atoms with Crippen LogP contribution >= 0.6 is 0 Å². The van der Waals surface area contributed by atoms with Crippen molar-refractivity contribution in [3.63, 3.8) is 0 Å². The van der Waals surface area contributed by atoms with Crippen LogP contribution in [0.1, 0.15) is 39.0 Å². The number of hydrazine groups is 1. The molecule has 27 heavy (non-hydrogen) atoms. The summed E-state index contributed by atoms with van der Waals surface area (Å²) in [6, 6.07) is 12.5. The van der Waals surface area contributed by atoms with Gasteiger partial charge >= 0.3 is 6.02 Å². The number of amides is 1. The van der Waals surface area contributed by atoms with Gasteiger partial charge in [-0.05, 0) is 43.4 Å². The Morgan fingerprint density at radius 3 is 2.26 bits per heavy atom. The van der Waals surface area contributed by atoms with Gasteiger partial charge in [-0.25, -0.2) is 4.99 Å². The standard InChI is InChI=1S/C15H24N4O2.C6H6/c1-10-8-11(10)13-17-18-14(21-13)16-9-12(20)19-6-4-15(2-3-15)5-7-19;1-2-4-6-5-3-1/h10-11,13,17H,2-9H2,1H3,(H,16,18);1-6H. The maximum atomic E-state index is 12.2. The van der Waals surface area contributed by atoms with Crippen molar-refractivity contribution in [3.05, 3.63) is 36.4 Å². The van der Waals surface area contributed by atoms with Crippen molar-refractivity contribution >= 4 is 11.9 Å². The molecule has 6 nitrogen and oxygen atoms in total. The van der Waals surface area contributed by atoms with Crippen molar-refractivity contribution in [2.75, 3.05) is 19.6 Å². The second kappa shape index (κ2) is 7.89. The predicted octanol–water partition coefficient (Wildman–Crippen LogP) is 2.54. The van der Waals surface area contributed by atoms with Gasteiger partial charge in [0.2, 0.25) is 5.91 Å². The predicted molar refractivity (Wildman–Crippen MR) is 105 cm³/mol. The zero-order valence-electron chi connectivity index (χ0n) is 16.1. The van der Waals surface area contributed by atoms with E-state index in [4.69, 9.17) is 4.74 Å². The summed E-state index contributed by atoms with van der Waals surface area (Å²) in [4.78, 5) is 18.4. The highest BCUT2D eigenvalue weighted by Crippen LogP contribution is 2.53. The van der Waals surface area contributed by atoms with Crippen LogP contribution in [0.5, 0.6) is 0 Å². The van der Waals surface area contributed by atoms with Gasteiger partial charge in [0.15, 0.2) is 6.23 Å². The molecule has 0 bridgehead atoms. The Bertz CT molecular complexity index is 637. The average Bonchev–Trinajstić information content (AvgIpc) is 3.59. The van der Waals surface area contributed by atoms with Crippen LogP contribution in [0, 0.1) is 17.3 Å². The molecule has 4 fully saturated rings. The van der Waals surface area contributed by atoms with E-state index in [1.54, 1.807) is 0 Å². The van der Waals surface area contributed by atoms with E-state index in [-0.39, 0.29) is 18.7 Å². The molecular formula is C21H30N4O2. The maximum absolute atomic E-state index is 12.2. The number of carbonyl (C=O) groups excluding carboxylic acids is 1. The van der Waals surface area contributed by atoms with Crippen LogP contribution < -0.4 is 10.9 Å². The number of hydrogen-bond acceptors (Lipinski definition) is 4. The zero-order chi connectivity index (χ0) is 18.7. The van der Waals surface area contributed by atoms with Gasteiger partial charge < -0.3 is 9.64 Å². The van der Waals surface area contributed by atoms with Gasteiger partial charge in [-0.3, -0.25) is 10.2 Å². The second-order valence-corrected chi connectivity index (χ2v) is 8.34. The highest BCUT2D eigenvalue weighted by molar-refractivity contribution is 5.82. The minimum atomic E-state index is 0.0126. The number of rotatable bonds is 3. The van der Waals surface area contributed by atoms with Gasteiger partial charge in [-0.2, -0.15) is 5.43 Å². The van der Waals surface area contributed by atoms with Crippen molar-refractivity contribution in [2.45, 2.75) is 45.3 Å². The van der Waals surface area contributed by atoms with Gasteiger partial charge in [-0.15, -0.1) is 0 Å². The third kappa shape index (κ3) is 4.80. The fourth-order valence-electron chi connectivity index (χ4n) is 3.89. The quantitative estimate of drug-likeness (QED) is 0.858. The lowest BCUT2D eigenvalue weighted by molar-refractivity contribution is -0.131. The molecular weight excluding hydrogens is 340 g/mol. The molecule has 0 radical (unpaired) electrons. The van der Waals surface area contributed by atoms with Crippen molar-refractivity contribution in [1.82, 2.24) is 15.8 Å². The fourth-order valence-corrected chi connectivity index (χ4v) is 3.89. The molecule has 1 aromatic carbocycles.